The number of benzene rings is 1. The summed E-state index contributed by atoms with van der Waals surface area (Å²) in [5.41, 5.74) is 2.95. The van der Waals surface area contributed by atoms with E-state index >= 15 is 0 Å². The summed E-state index contributed by atoms with van der Waals surface area (Å²) in [6.07, 6.45) is 8.43. The summed E-state index contributed by atoms with van der Waals surface area (Å²) in [5.74, 6) is 0.531. The molecule has 0 amide bonds. The zero-order valence-electron chi connectivity index (χ0n) is 11.3. The molecule has 1 aromatic rings. The van der Waals surface area contributed by atoms with Crippen LogP contribution in [0.1, 0.15) is 44.1 Å². The Kier molecular flexibility index (Phi) is 3.96. The van der Waals surface area contributed by atoms with E-state index in [0.29, 0.717) is 11.3 Å². The zero-order valence-corrected chi connectivity index (χ0v) is 12.8. The van der Waals surface area contributed by atoms with Crippen LogP contribution in [0, 0.1) is 5.41 Å². The van der Waals surface area contributed by atoms with Gasteiger partial charge in [-0.15, -0.1) is 11.6 Å². The van der Waals surface area contributed by atoms with Crippen molar-refractivity contribution in [3.05, 3.63) is 28.8 Å². The number of halogens is 2. The Balaban J connectivity index is 1.71. The van der Waals surface area contributed by atoms with Crippen LogP contribution < -0.4 is 4.90 Å². The van der Waals surface area contributed by atoms with Gasteiger partial charge in [0.25, 0.3) is 0 Å². The van der Waals surface area contributed by atoms with Crippen molar-refractivity contribution in [1.82, 2.24) is 0 Å². The fourth-order valence-electron chi connectivity index (χ4n) is 3.74. The van der Waals surface area contributed by atoms with E-state index < -0.39 is 0 Å². The van der Waals surface area contributed by atoms with Crippen molar-refractivity contribution in [2.24, 2.45) is 5.41 Å². The van der Waals surface area contributed by atoms with Gasteiger partial charge in [-0.2, -0.15) is 0 Å². The molecule has 0 radical (unpaired) electrons. The molecule has 2 fully saturated rings. The minimum absolute atomic E-state index is 0.531. The van der Waals surface area contributed by atoms with E-state index in [1.165, 1.54) is 44.2 Å². The number of hydrogen-bond donors (Lipinski definition) is 0. The van der Waals surface area contributed by atoms with Crippen LogP contribution in [0.5, 0.6) is 0 Å². The average molecular weight is 298 g/mol. The smallest absolute Gasteiger partial charge is 0.0642 e. The average Bonchev–Trinajstić information content (AvgIpc) is 2.88. The third kappa shape index (κ3) is 2.73. The van der Waals surface area contributed by atoms with Crippen molar-refractivity contribution in [2.45, 2.75) is 44.4 Å². The molecule has 0 atom stereocenters. The van der Waals surface area contributed by atoms with Crippen molar-refractivity contribution in [3.8, 4) is 0 Å². The lowest BCUT2D eigenvalue weighted by atomic mass is 9.77. The number of alkyl halides is 1. The van der Waals surface area contributed by atoms with Gasteiger partial charge < -0.3 is 4.90 Å². The summed E-state index contributed by atoms with van der Waals surface area (Å²) >= 11 is 12.2. The van der Waals surface area contributed by atoms with Crippen LogP contribution in [-0.4, -0.2) is 13.1 Å². The van der Waals surface area contributed by atoms with Crippen LogP contribution in [0.15, 0.2) is 18.2 Å². The van der Waals surface area contributed by atoms with Gasteiger partial charge in [-0.3, -0.25) is 0 Å². The van der Waals surface area contributed by atoms with Gasteiger partial charge in [-0.25, -0.2) is 0 Å². The fourth-order valence-corrected chi connectivity index (χ4v) is 4.23. The molecule has 0 unspecified atom stereocenters. The molecule has 1 saturated heterocycles. The first kappa shape index (κ1) is 13.6. The van der Waals surface area contributed by atoms with Crippen LogP contribution in [0.3, 0.4) is 0 Å². The summed E-state index contributed by atoms with van der Waals surface area (Å²) in [7, 11) is 0. The summed E-state index contributed by atoms with van der Waals surface area (Å²) in [5, 5.41) is 0.848. The highest BCUT2D eigenvalue weighted by Crippen LogP contribution is 2.47. The van der Waals surface area contributed by atoms with Gasteiger partial charge in [-0.05, 0) is 48.8 Å². The highest BCUT2D eigenvalue weighted by atomic mass is 35.5. The van der Waals surface area contributed by atoms with Gasteiger partial charge in [0, 0.05) is 19.0 Å². The molecular weight excluding hydrogens is 277 g/mol. The maximum atomic E-state index is 6.39. The lowest BCUT2D eigenvalue weighted by Gasteiger charge is -2.40. The first-order valence-electron chi connectivity index (χ1n) is 7.32. The monoisotopic (exact) mass is 297 g/mol. The van der Waals surface area contributed by atoms with Gasteiger partial charge in [0.1, 0.15) is 0 Å². The molecule has 1 aliphatic heterocycles. The topological polar surface area (TPSA) is 3.24 Å². The minimum atomic E-state index is 0.531. The second kappa shape index (κ2) is 5.54. The second-order valence-electron chi connectivity index (χ2n) is 6.11. The second-order valence-corrected chi connectivity index (χ2v) is 6.79. The van der Waals surface area contributed by atoms with Crippen LogP contribution in [0.4, 0.5) is 5.69 Å². The molecule has 1 aliphatic carbocycles. The third-order valence-electron chi connectivity index (χ3n) is 5.00. The predicted molar refractivity (Wildman–Crippen MR) is 83.4 cm³/mol. The molecule has 104 valence electrons. The van der Waals surface area contributed by atoms with Crippen molar-refractivity contribution in [1.29, 1.82) is 0 Å². The Labute approximate surface area is 125 Å². The predicted octanol–water partition coefficient (Wildman–Crippen LogP) is 5.24. The number of rotatable bonds is 2. The van der Waals surface area contributed by atoms with E-state index in [1.807, 2.05) is 6.07 Å². The summed E-state index contributed by atoms with van der Waals surface area (Å²) in [6, 6.07) is 6.23. The lowest BCUT2D eigenvalue weighted by Crippen LogP contribution is -2.39. The van der Waals surface area contributed by atoms with Crippen LogP contribution >= 0.6 is 23.2 Å². The highest BCUT2D eigenvalue weighted by Gasteiger charge is 2.37. The Morgan fingerprint density at radius 2 is 1.74 bits per heavy atom. The zero-order chi connectivity index (χ0) is 13.3. The van der Waals surface area contributed by atoms with E-state index in [9.17, 15) is 0 Å². The van der Waals surface area contributed by atoms with Crippen LogP contribution in [0.25, 0.3) is 0 Å². The van der Waals surface area contributed by atoms with Crippen LogP contribution in [-0.2, 0) is 5.88 Å². The molecule has 1 aromatic carbocycles. The molecule has 2 aliphatic rings. The molecule has 3 rings (SSSR count). The summed E-state index contributed by atoms with van der Waals surface area (Å²) < 4.78 is 0. The number of hydrogen-bond acceptors (Lipinski definition) is 1. The number of nitrogens with zero attached hydrogens (tertiary/aromatic N) is 1. The van der Waals surface area contributed by atoms with E-state index in [1.54, 1.807) is 0 Å². The number of piperidine rings is 1. The highest BCUT2D eigenvalue weighted by molar-refractivity contribution is 6.33. The van der Waals surface area contributed by atoms with Gasteiger partial charge >= 0.3 is 0 Å². The Morgan fingerprint density at radius 1 is 1.05 bits per heavy atom. The Hall–Kier alpha value is -0.400. The van der Waals surface area contributed by atoms with Crippen molar-refractivity contribution < 1.29 is 0 Å². The summed E-state index contributed by atoms with van der Waals surface area (Å²) in [4.78, 5) is 2.45. The molecular formula is C16H21Cl2N. The first-order valence-corrected chi connectivity index (χ1v) is 8.23. The van der Waals surface area contributed by atoms with Crippen molar-refractivity contribution >= 4 is 28.9 Å². The van der Waals surface area contributed by atoms with Crippen molar-refractivity contribution in [3.63, 3.8) is 0 Å². The van der Waals surface area contributed by atoms with Crippen LogP contribution in [0.2, 0.25) is 5.02 Å². The molecule has 19 heavy (non-hydrogen) atoms. The van der Waals surface area contributed by atoms with Gasteiger partial charge in [0.05, 0.1) is 10.7 Å². The molecule has 1 spiro atoms. The van der Waals surface area contributed by atoms with Gasteiger partial charge in [0.2, 0.25) is 0 Å². The molecule has 1 saturated carbocycles. The van der Waals surface area contributed by atoms with E-state index in [0.717, 1.165) is 23.7 Å². The summed E-state index contributed by atoms with van der Waals surface area (Å²) in [6.45, 7) is 2.31. The standard InChI is InChI=1S/C16H21Cl2N/c17-12-13-3-4-15(14(18)11-13)19-9-7-16(8-10-19)5-1-2-6-16/h3-4,11H,1-2,5-10,12H2. The lowest BCUT2D eigenvalue weighted by molar-refractivity contribution is 0.226. The van der Waals surface area contributed by atoms with Gasteiger partial charge in [-0.1, -0.05) is 30.5 Å². The third-order valence-corrected chi connectivity index (χ3v) is 5.61. The fraction of sp³-hybridized carbons (Fsp3) is 0.625. The van der Waals surface area contributed by atoms with Gasteiger partial charge in [0.15, 0.2) is 0 Å². The normalized spacial score (nSPS) is 22.1. The van der Waals surface area contributed by atoms with E-state index in [4.69, 9.17) is 23.2 Å². The largest absolute Gasteiger partial charge is 0.370 e. The maximum absolute atomic E-state index is 6.39. The van der Waals surface area contributed by atoms with Crippen molar-refractivity contribution in [2.75, 3.05) is 18.0 Å². The van der Waals surface area contributed by atoms with E-state index in [2.05, 4.69) is 17.0 Å². The SMILES string of the molecule is ClCc1ccc(N2CCC3(CCCC3)CC2)c(Cl)c1. The molecule has 0 bridgehead atoms. The Morgan fingerprint density at radius 3 is 2.32 bits per heavy atom. The molecule has 0 aromatic heterocycles. The van der Waals surface area contributed by atoms with E-state index in [-0.39, 0.29) is 0 Å². The number of anilines is 1. The molecule has 0 N–H and O–H groups in total. The first-order chi connectivity index (χ1) is 9.22. The quantitative estimate of drug-likeness (QED) is 0.675. The molecule has 1 heterocycles. The molecule has 1 nitrogen and oxygen atoms in total. The maximum Gasteiger partial charge on any atom is 0.0642 e. The molecule has 3 heteroatoms. The Bertz CT molecular complexity index is 442. The minimum Gasteiger partial charge on any atom is -0.370 e.